The summed E-state index contributed by atoms with van der Waals surface area (Å²) in [6, 6.07) is 16.5. The Labute approximate surface area is 150 Å². The molecule has 128 valence electrons. The molecule has 5 rings (SSSR count). The zero-order chi connectivity index (χ0) is 18.1. The number of fused-ring (bicyclic) bond motifs is 6. The van der Waals surface area contributed by atoms with E-state index in [9.17, 15) is 9.90 Å². The van der Waals surface area contributed by atoms with Crippen molar-refractivity contribution in [2.45, 2.75) is 19.4 Å². The van der Waals surface area contributed by atoms with Gasteiger partial charge in [0.2, 0.25) is 0 Å². The average Bonchev–Trinajstić information content (AvgIpc) is 2.87. The first-order valence-electron chi connectivity index (χ1n) is 8.46. The van der Waals surface area contributed by atoms with Gasteiger partial charge in [0.1, 0.15) is 17.2 Å². The molecule has 0 aromatic heterocycles. The number of carbonyl (C=O) groups is 1. The van der Waals surface area contributed by atoms with Gasteiger partial charge in [0.25, 0.3) is 0 Å². The fourth-order valence-corrected chi connectivity index (χ4v) is 3.94. The van der Waals surface area contributed by atoms with Crippen molar-refractivity contribution in [3.63, 3.8) is 0 Å². The maximum absolute atomic E-state index is 12.7. The van der Waals surface area contributed by atoms with Gasteiger partial charge in [-0.1, -0.05) is 29.8 Å². The molecule has 0 bridgehead atoms. The predicted molar refractivity (Wildman–Crippen MR) is 95.8 cm³/mol. The van der Waals surface area contributed by atoms with E-state index in [4.69, 9.17) is 9.47 Å². The van der Waals surface area contributed by atoms with Crippen molar-refractivity contribution in [2.24, 2.45) is 0 Å². The Kier molecular flexibility index (Phi) is 2.82. The van der Waals surface area contributed by atoms with Crippen LogP contribution in [-0.2, 0) is 10.3 Å². The summed E-state index contributed by atoms with van der Waals surface area (Å²) < 4.78 is 12.1. The summed E-state index contributed by atoms with van der Waals surface area (Å²) in [4.78, 5) is 12.7. The minimum absolute atomic E-state index is 0.100. The van der Waals surface area contributed by atoms with Crippen LogP contribution in [0.15, 0.2) is 54.6 Å². The van der Waals surface area contributed by atoms with E-state index in [0.29, 0.717) is 22.6 Å². The minimum atomic E-state index is -1.07. The summed E-state index contributed by atoms with van der Waals surface area (Å²) in [5.74, 6) is 0.869. The van der Waals surface area contributed by atoms with Crippen LogP contribution in [0, 0.1) is 13.8 Å². The molecule has 0 fully saturated rings. The van der Waals surface area contributed by atoms with E-state index < -0.39 is 5.60 Å². The minimum Gasteiger partial charge on any atom is -0.508 e. The normalized spacial score (nSPS) is 19.4. The molecule has 2 heterocycles. The van der Waals surface area contributed by atoms with E-state index in [2.05, 4.69) is 0 Å². The van der Waals surface area contributed by atoms with Crippen molar-refractivity contribution in [1.29, 1.82) is 0 Å². The van der Waals surface area contributed by atoms with E-state index in [1.165, 1.54) is 0 Å². The number of hydrogen-bond acceptors (Lipinski definition) is 4. The van der Waals surface area contributed by atoms with Crippen molar-refractivity contribution in [3.8, 4) is 17.2 Å². The van der Waals surface area contributed by atoms with Crippen LogP contribution < -0.4 is 4.74 Å². The number of ether oxygens (including phenoxy) is 2. The number of carbonyl (C=O) groups excluding carboxylic acids is 1. The summed E-state index contributed by atoms with van der Waals surface area (Å²) in [7, 11) is 0. The van der Waals surface area contributed by atoms with Crippen LogP contribution in [0.5, 0.6) is 17.2 Å². The molecule has 0 saturated heterocycles. The second-order valence-corrected chi connectivity index (χ2v) is 6.90. The first kappa shape index (κ1) is 15.0. The lowest BCUT2D eigenvalue weighted by Crippen LogP contribution is -2.33. The quantitative estimate of drug-likeness (QED) is 0.607. The van der Waals surface area contributed by atoms with Gasteiger partial charge in [-0.15, -0.1) is 0 Å². The number of rotatable bonds is 0. The maximum Gasteiger partial charge on any atom is 0.340 e. The fourth-order valence-electron chi connectivity index (χ4n) is 3.94. The highest BCUT2D eigenvalue weighted by Gasteiger charge is 2.53. The van der Waals surface area contributed by atoms with Gasteiger partial charge >= 0.3 is 5.97 Å². The van der Waals surface area contributed by atoms with E-state index in [1.54, 1.807) is 18.2 Å². The second-order valence-electron chi connectivity index (χ2n) is 6.90. The van der Waals surface area contributed by atoms with E-state index in [1.807, 2.05) is 50.2 Å². The van der Waals surface area contributed by atoms with Gasteiger partial charge in [0.05, 0.1) is 5.56 Å². The van der Waals surface area contributed by atoms with Crippen molar-refractivity contribution in [1.82, 2.24) is 0 Å². The van der Waals surface area contributed by atoms with Crippen LogP contribution in [0.2, 0.25) is 0 Å². The van der Waals surface area contributed by atoms with Crippen LogP contribution in [0.3, 0.4) is 0 Å². The smallest absolute Gasteiger partial charge is 0.340 e. The number of aryl methyl sites for hydroxylation is 2. The number of esters is 1. The molecule has 3 aromatic rings. The molecule has 2 aliphatic heterocycles. The third-order valence-corrected chi connectivity index (χ3v) is 5.10. The van der Waals surface area contributed by atoms with Crippen LogP contribution in [-0.4, -0.2) is 11.1 Å². The predicted octanol–water partition coefficient (Wildman–Crippen LogP) is 4.58. The van der Waals surface area contributed by atoms with Crippen molar-refractivity contribution in [2.75, 3.05) is 0 Å². The molecule has 26 heavy (non-hydrogen) atoms. The molecule has 2 aliphatic rings. The van der Waals surface area contributed by atoms with Gasteiger partial charge in [0, 0.05) is 22.8 Å². The zero-order valence-corrected chi connectivity index (χ0v) is 14.4. The van der Waals surface area contributed by atoms with Crippen LogP contribution in [0.1, 0.15) is 38.2 Å². The Bertz CT molecular complexity index is 1050. The molecular weight excluding hydrogens is 328 g/mol. The van der Waals surface area contributed by atoms with Crippen molar-refractivity contribution >= 4 is 5.97 Å². The lowest BCUT2D eigenvalue weighted by molar-refractivity contribution is 0.0224. The summed E-state index contributed by atoms with van der Waals surface area (Å²) in [5.41, 5.74) is 3.84. The van der Waals surface area contributed by atoms with Gasteiger partial charge in [-0.05, 0) is 43.7 Å². The number of phenolic OH excluding ortho intramolecular Hbond substituents is 1. The number of phenols is 1. The van der Waals surface area contributed by atoms with Crippen LogP contribution in [0.25, 0.3) is 0 Å². The van der Waals surface area contributed by atoms with Gasteiger partial charge in [-0.3, -0.25) is 0 Å². The molecule has 1 atom stereocenters. The molecule has 0 saturated carbocycles. The molecule has 3 aromatic carbocycles. The standard InChI is InChI=1S/C22H16O4/c1-12-3-6-16-15(9-12)21(24)26-22(16)17-7-4-13(2)10-19(17)25-20-11-14(23)5-8-18(20)22/h3-11,23H,1-2H3. The van der Waals surface area contributed by atoms with E-state index >= 15 is 0 Å². The molecule has 1 N–H and O–H groups in total. The average molecular weight is 344 g/mol. The summed E-state index contributed by atoms with van der Waals surface area (Å²) in [5, 5.41) is 9.92. The van der Waals surface area contributed by atoms with Crippen molar-refractivity contribution in [3.05, 3.63) is 88.0 Å². The van der Waals surface area contributed by atoms with Gasteiger partial charge < -0.3 is 14.6 Å². The molecule has 1 spiro atoms. The SMILES string of the molecule is Cc1ccc2c(c1)Oc1cc(O)ccc1C21OC(=O)c2cc(C)ccc21. The third kappa shape index (κ3) is 1.81. The molecule has 1 unspecified atom stereocenters. The Morgan fingerprint density at radius 2 is 1.42 bits per heavy atom. The molecule has 4 nitrogen and oxygen atoms in total. The highest BCUT2D eigenvalue weighted by molar-refractivity contribution is 5.97. The second kappa shape index (κ2) is 4.88. The Morgan fingerprint density at radius 1 is 0.808 bits per heavy atom. The summed E-state index contributed by atoms with van der Waals surface area (Å²) in [6.07, 6.45) is 0. The van der Waals surface area contributed by atoms with Crippen molar-refractivity contribution < 1.29 is 19.4 Å². The topological polar surface area (TPSA) is 55.8 Å². The largest absolute Gasteiger partial charge is 0.508 e. The Hall–Kier alpha value is -3.27. The van der Waals surface area contributed by atoms with Crippen LogP contribution >= 0.6 is 0 Å². The highest BCUT2D eigenvalue weighted by Crippen LogP contribution is 2.56. The first-order chi connectivity index (χ1) is 12.5. The maximum atomic E-state index is 12.7. The Morgan fingerprint density at radius 3 is 2.19 bits per heavy atom. The molecule has 0 radical (unpaired) electrons. The van der Waals surface area contributed by atoms with E-state index in [0.717, 1.165) is 22.3 Å². The van der Waals surface area contributed by atoms with Gasteiger partial charge in [-0.25, -0.2) is 4.79 Å². The number of aromatic hydroxyl groups is 1. The molecular formula is C22H16O4. The first-order valence-corrected chi connectivity index (χ1v) is 8.46. The Balaban J connectivity index is 1.90. The van der Waals surface area contributed by atoms with E-state index in [-0.39, 0.29) is 11.7 Å². The third-order valence-electron chi connectivity index (χ3n) is 5.10. The lowest BCUT2D eigenvalue weighted by atomic mass is 9.77. The summed E-state index contributed by atoms with van der Waals surface area (Å²) in [6.45, 7) is 3.93. The van der Waals surface area contributed by atoms with Gasteiger partial charge in [-0.2, -0.15) is 0 Å². The number of benzene rings is 3. The summed E-state index contributed by atoms with van der Waals surface area (Å²) >= 11 is 0. The highest BCUT2D eigenvalue weighted by atomic mass is 16.6. The monoisotopic (exact) mass is 344 g/mol. The molecule has 0 aliphatic carbocycles. The number of hydrogen-bond donors (Lipinski definition) is 1. The van der Waals surface area contributed by atoms with Crippen LogP contribution in [0.4, 0.5) is 0 Å². The zero-order valence-electron chi connectivity index (χ0n) is 14.4. The molecule has 4 heteroatoms. The fraction of sp³-hybridized carbons (Fsp3) is 0.136. The molecule has 0 amide bonds. The van der Waals surface area contributed by atoms with Gasteiger partial charge in [0.15, 0.2) is 5.60 Å². The lowest BCUT2D eigenvalue weighted by Gasteiger charge is -2.36.